The molecule has 0 radical (unpaired) electrons. The zero-order chi connectivity index (χ0) is 7.15. The maximum Gasteiger partial charge on any atom is 0.0645 e. The van der Waals surface area contributed by atoms with Crippen molar-refractivity contribution < 1.29 is 10.6 Å². The van der Waals surface area contributed by atoms with Crippen LogP contribution in [0.1, 0.15) is 6.92 Å². The Morgan fingerprint density at radius 1 is 1.33 bits per heavy atom. The van der Waals surface area contributed by atoms with Gasteiger partial charge in [0, 0.05) is 0 Å². The molecular weight excluding hydrogens is 137 g/mol. The van der Waals surface area contributed by atoms with Crippen LogP contribution in [-0.4, -0.2) is 42.5 Å². The van der Waals surface area contributed by atoms with E-state index < -0.39 is 0 Å². The van der Waals surface area contributed by atoms with Crippen LogP contribution in [0, 0.1) is 0 Å². The molecular formula is C5H18NO2P. The van der Waals surface area contributed by atoms with Crippen molar-refractivity contribution in [1.29, 1.82) is 0 Å². The Labute approximate surface area is 59.6 Å². The van der Waals surface area contributed by atoms with Gasteiger partial charge in [0.1, 0.15) is 0 Å². The normalized spacial score (nSPS) is 11.0. The summed E-state index contributed by atoms with van der Waals surface area (Å²) in [5.41, 5.74) is 0. The average Bonchev–Trinajstić information content (AvgIpc) is 1.25. The van der Waals surface area contributed by atoms with Crippen molar-refractivity contribution in [3.05, 3.63) is 0 Å². The van der Waals surface area contributed by atoms with E-state index in [-0.39, 0.29) is 11.3 Å². The van der Waals surface area contributed by atoms with Gasteiger partial charge in [-0.1, -0.05) is 0 Å². The van der Waals surface area contributed by atoms with E-state index in [1.165, 1.54) is 0 Å². The van der Waals surface area contributed by atoms with Gasteiger partial charge in [-0.25, -0.2) is 0 Å². The number of aliphatic hydroxyl groups is 1. The third-order valence-corrected chi connectivity index (χ3v) is 0. The Balaban J connectivity index is -0.0000000720. The largest absolute Gasteiger partial charge is 0.412 e. The number of nitrogens with zero attached hydrogens (tertiary/aromatic N) is 1. The number of hydrogen-bond donors (Lipinski definition) is 1. The lowest BCUT2D eigenvalue weighted by Crippen LogP contribution is -1.99. The summed E-state index contributed by atoms with van der Waals surface area (Å²) in [4.78, 5) is 2.00. The highest BCUT2D eigenvalue weighted by molar-refractivity contribution is 7.17. The van der Waals surface area contributed by atoms with E-state index in [1.807, 2.05) is 26.0 Å². The lowest BCUT2D eigenvalue weighted by Gasteiger charge is -1.90. The Kier molecular flexibility index (Phi) is 20.0. The van der Waals surface area contributed by atoms with E-state index in [9.17, 15) is 0 Å². The minimum Gasteiger partial charge on any atom is -0.412 e. The second-order valence-electron chi connectivity index (χ2n) is 2.08. The first-order valence-corrected chi connectivity index (χ1v) is 3.18. The van der Waals surface area contributed by atoms with Crippen LogP contribution < -0.4 is 0 Å². The summed E-state index contributed by atoms with van der Waals surface area (Å²) in [7, 11) is 8.21. The van der Waals surface area contributed by atoms with Gasteiger partial charge in [0.2, 0.25) is 0 Å². The molecule has 0 aromatic heterocycles. The minimum atomic E-state index is -0.250. The van der Waals surface area contributed by atoms with Crippen molar-refractivity contribution in [2.75, 3.05) is 21.1 Å². The Morgan fingerprint density at radius 2 is 1.33 bits per heavy atom. The molecule has 3 nitrogen and oxygen atoms in total. The molecule has 0 aliphatic heterocycles. The van der Waals surface area contributed by atoms with Gasteiger partial charge >= 0.3 is 0 Å². The Hall–Kier alpha value is 0.310. The van der Waals surface area contributed by atoms with E-state index in [4.69, 9.17) is 5.11 Å². The molecule has 0 aliphatic rings. The summed E-state index contributed by atoms with van der Waals surface area (Å²) in [6.07, 6.45) is 0. The molecule has 0 aliphatic carbocycles. The molecule has 0 saturated heterocycles. The van der Waals surface area contributed by atoms with Crippen molar-refractivity contribution in [3.63, 3.8) is 0 Å². The van der Waals surface area contributed by atoms with Crippen molar-refractivity contribution >= 4 is 9.24 Å². The van der Waals surface area contributed by atoms with E-state index in [2.05, 4.69) is 9.24 Å². The van der Waals surface area contributed by atoms with Gasteiger partial charge in [0.05, 0.1) is 5.85 Å². The molecule has 0 amide bonds. The molecule has 60 valence electrons. The summed E-state index contributed by atoms with van der Waals surface area (Å²) < 4.78 is 0. The molecule has 0 aromatic carbocycles. The van der Waals surface area contributed by atoms with Crippen LogP contribution in [0.25, 0.3) is 0 Å². The third-order valence-electron chi connectivity index (χ3n) is 0. The van der Waals surface area contributed by atoms with Crippen LogP contribution in [-0.2, 0) is 0 Å². The van der Waals surface area contributed by atoms with Gasteiger partial charge in [-0.15, -0.1) is 9.24 Å². The number of aliphatic hydroxyl groups excluding tert-OH is 1. The quantitative estimate of drug-likeness (QED) is 0.482. The highest BCUT2D eigenvalue weighted by Gasteiger charge is 1.69. The van der Waals surface area contributed by atoms with Gasteiger partial charge in [0.15, 0.2) is 0 Å². The molecule has 3 N–H and O–H groups in total. The van der Waals surface area contributed by atoms with Crippen LogP contribution in [0.5, 0.6) is 0 Å². The summed E-state index contributed by atoms with van der Waals surface area (Å²) in [6, 6.07) is 0. The van der Waals surface area contributed by atoms with Crippen molar-refractivity contribution in [3.8, 4) is 0 Å². The van der Waals surface area contributed by atoms with E-state index in [0.29, 0.717) is 0 Å². The molecule has 0 rings (SSSR count). The van der Waals surface area contributed by atoms with Crippen molar-refractivity contribution in [1.82, 2.24) is 4.90 Å². The van der Waals surface area contributed by atoms with E-state index in [1.54, 1.807) is 6.92 Å². The Bertz CT molecular complexity index is 30.4. The third kappa shape index (κ3) is 3440. The van der Waals surface area contributed by atoms with Gasteiger partial charge in [-0.2, -0.15) is 0 Å². The summed E-state index contributed by atoms with van der Waals surface area (Å²) in [6.45, 7) is 1.69. The van der Waals surface area contributed by atoms with Crippen molar-refractivity contribution in [2.45, 2.75) is 12.8 Å². The standard InChI is InChI=1S/C3H9N.C2H7OP.H2O/c1-4(2)3;1-2(3)4;/h1-3H3;2-3H,4H2,1H3;1H2. The second kappa shape index (κ2) is 11.2. The predicted molar refractivity (Wildman–Crippen MR) is 44.6 cm³/mol. The first-order valence-electron chi connectivity index (χ1n) is 2.51. The molecule has 2 unspecified atom stereocenters. The first-order chi connectivity index (χ1) is 3.46. The van der Waals surface area contributed by atoms with Crippen molar-refractivity contribution in [2.24, 2.45) is 0 Å². The van der Waals surface area contributed by atoms with Crippen LogP contribution in [0.15, 0.2) is 0 Å². The molecule has 9 heavy (non-hydrogen) atoms. The van der Waals surface area contributed by atoms with Crippen LogP contribution in [0.2, 0.25) is 0 Å². The highest BCUT2D eigenvalue weighted by atomic mass is 31.0. The molecule has 0 bridgehead atoms. The van der Waals surface area contributed by atoms with Crippen LogP contribution >= 0.6 is 9.24 Å². The molecule has 0 heterocycles. The molecule has 2 atom stereocenters. The molecule has 0 spiro atoms. The number of rotatable bonds is 0. The number of hydrogen-bond acceptors (Lipinski definition) is 2. The smallest absolute Gasteiger partial charge is 0.0645 e. The maximum atomic E-state index is 8.02. The summed E-state index contributed by atoms with van der Waals surface area (Å²) >= 11 is 0. The molecule has 4 heteroatoms. The first kappa shape index (κ1) is 16.1. The van der Waals surface area contributed by atoms with Crippen LogP contribution in [0.3, 0.4) is 0 Å². The summed E-state index contributed by atoms with van der Waals surface area (Å²) in [5.74, 6) is -0.250. The SMILES string of the molecule is CC(O)P.CN(C)C.O. The molecule has 0 saturated carbocycles. The van der Waals surface area contributed by atoms with Gasteiger partial charge in [-0.05, 0) is 28.1 Å². The van der Waals surface area contributed by atoms with Gasteiger partial charge in [0.25, 0.3) is 0 Å². The zero-order valence-corrected chi connectivity index (χ0v) is 7.70. The predicted octanol–water partition coefficient (Wildman–Crippen LogP) is -0.447. The minimum absolute atomic E-state index is 0. The fourth-order valence-corrected chi connectivity index (χ4v) is 0. The van der Waals surface area contributed by atoms with Gasteiger partial charge in [-0.3, -0.25) is 0 Å². The van der Waals surface area contributed by atoms with Crippen LogP contribution in [0.4, 0.5) is 0 Å². The second-order valence-corrected chi connectivity index (χ2v) is 3.05. The lowest BCUT2D eigenvalue weighted by molar-refractivity contribution is 0.283. The highest BCUT2D eigenvalue weighted by Crippen LogP contribution is 1.85. The fourth-order valence-electron chi connectivity index (χ4n) is 0. The average molecular weight is 155 g/mol. The monoisotopic (exact) mass is 155 g/mol. The topological polar surface area (TPSA) is 55.0 Å². The lowest BCUT2D eigenvalue weighted by atomic mass is 10.9. The fraction of sp³-hybridized carbons (Fsp3) is 1.00. The zero-order valence-electron chi connectivity index (χ0n) is 6.55. The maximum absolute atomic E-state index is 8.02. The molecule has 0 aromatic rings. The molecule has 0 fully saturated rings. The van der Waals surface area contributed by atoms with E-state index >= 15 is 0 Å². The van der Waals surface area contributed by atoms with E-state index in [0.717, 1.165) is 0 Å². The summed E-state index contributed by atoms with van der Waals surface area (Å²) in [5, 5.41) is 8.02. The Morgan fingerprint density at radius 3 is 1.33 bits per heavy atom. The van der Waals surface area contributed by atoms with Gasteiger partial charge < -0.3 is 15.5 Å².